The van der Waals surface area contributed by atoms with Gasteiger partial charge in [-0.2, -0.15) is 8.78 Å². The molecule has 0 aliphatic carbocycles. The van der Waals surface area contributed by atoms with Crippen LogP contribution < -0.4 is 4.74 Å². The molecule has 0 amide bonds. The van der Waals surface area contributed by atoms with Crippen LogP contribution in [0, 0.1) is 0 Å². The van der Waals surface area contributed by atoms with E-state index in [9.17, 15) is 8.78 Å². The minimum Gasteiger partial charge on any atom is -0.490 e. The van der Waals surface area contributed by atoms with Crippen LogP contribution in [0.2, 0.25) is 0 Å². The van der Waals surface area contributed by atoms with Gasteiger partial charge in [-0.05, 0) is 18.6 Å². The van der Waals surface area contributed by atoms with Crippen LogP contribution in [0.1, 0.15) is 39.0 Å². The molecule has 1 heterocycles. The molecule has 0 unspecified atom stereocenters. The number of unbranched alkanes of at least 4 members (excludes halogenated alkanes) is 4. The van der Waals surface area contributed by atoms with Crippen molar-refractivity contribution < 1.29 is 13.5 Å². The summed E-state index contributed by atoms with van der Waals surface area (Å²) in [5.74, 6) is -1.21. The number of benzene rings is 1. The molecule has 2 rings (SSSR count). The van der Waals surface area contributed by atoms with Gasteiger partial charge in [-0.15, -0.1) is 0 Å². The number of thioether (sulfide) groups is 1. The Morgan fingerprint density at radius 1 is 1.00 bits per heavy atom. The number of ether oxygens (including phenoxy) is 1. The summed E-state index contributed by atoms with van der Waals surface area (Å²) in [5, 5.41) is 0. The zero-order valence-electron chi connectivity index (χ0n) is 13.8. The fourth-order valence-corrected chi connectivity index (χ4v) is 2.72. The topological polar surface area (TPSA) is 35.0 Å². The van der Waals surface area contributed by atoms with Crippen molar-refractivity contribution in [2.45, 2.75) is 49.7 Å². The third kappa shape index (κ3) is 6.43. The van der Waals surface area contributed by atoms with Gasteiger partial charge in [-0.25, -0.2) is 9.97 Å². The van der Waals surface area contributed by atoms with Gasteiger partial charge in [0.25, 0.3) is 5.76 Å². The highest BCUT2D eigenvalue weighted by atomic mass is 32.2. The molecule has 0 spiro atoms. The zero-order chi connectivity index (χ0) is 17.2. The first-order chi connectivity index (χ1) is 11.7. The van der Waals surface area contributed by atoms with Gasteiger partial charge in [0.15, 0.2) is 11.6 Å². The van der Waals surface area contributed by atoms with Crippen LogP contribution in [-0.2, 0) is 0 Å². The molecule has 3 nitrogen and oxygen atoms in total. The number of rotatable bonds is 10. The molecule has 0 aliphatic rings. The lowest BCUT2D eigenvalue weighted by Crippen LogP contribution is -1.99. The molecule has 0 saturated carbocycles. The van der Waals surface area contributed by atoms with Crippen molar-refractivity contribution in [2.24, 2.45) is 0 Å². The number of hydrogen-bond acceptors (Lipinski definition) is 4. The molecule has 6 heteroatoms. The number of aromatic nitrogens is 2. The van der Waals surface area contributed by atoms with E-state index in [-0.39, 0.29) is 0 Å². The van der Waals surface area contributed by atoms with Crippen LogP contribution in [0.3, 0.4) is 0 Å². The van der Waals surface area contributed by atoms with E-state index < -0.39 is 5.76 Å². The smallest absolute Gasteiger partial charge is 0.288 e. The van der Waals surface area contributed by atoms with Crippen molar-refractivity contribution >= 4 is 11.8 Å². The lowest BCUT2D eigenvalue weighted by Gasteiger charge is -2.06. The minimum atomic E-state index is -2.41. The fraction of sp³-hybridized carbons (Fsp3) is 0.444. The monoisotopic (exact) mass is 352 g/mol. The largest absolute Gasteiger partial charge is 0.490 e. The molecule has 0 fully saturated rings. The predicted octanol–water partition coefficient (Wildman–Crippen LogP) is 5.81. The molecule has 0 saturated heterocycles. The van der Waals surface area contributed by atoms with Crippen molar-refractivity contribution in [3.63, 3.8) is 0 Å². The summed E-state index contributed by atoms with van der Waals surface area (Å²) in [6, 6.07) is 6.79. The van der Waals surface area contributed by atoms with Gasteiger partial charge >= 0.3 is 0 Å². The summed E-state index contributed by atoms with van der Waals surface area (Å²) in [5.41, 5.74) is 0.791. The van der Waals surface area contributed by atoms with E-state index >= 15 is 0 Å². The highest BCUT2D eigenvalue weighted by molar-refractivity contribution is 7.99. The second kappa shape index (κ2) is 10.2. The van der Waals surface area contributed by atoms with E-state index in [0.29, 0.717) is 34.8 Å². The summed E-state index contributed by atoms with van der Waals surface area (Å²) in [6.45, 7) is 2.87. The van der Waals surface area contributed by atoms with E-state index in [1.807, 2.05) is 0 Å². The zero-order valence-corrected chi connectivity index (χ0v) is 14.6. The molecule has 24 heavy (non-hydrogen) atoms. The molecule has 130 valence electrons. The van der Waals surface area contributed by atoms with Crippen LogP contribution in [0.15, 0.2) is 41.6 Å². The first-order valence-electron chi connectivity index (χ1n) is 8.19. The van der Waals surface area contributed by atoms with Crippen molar-refractivity contribution in [3.8, 4) is 17.1 Å². The summed E-state index contributed by atoms with van der Waals surface area (Å²) < 4.78 is 30.2. The molecule has 1 aromatic heterocycles. The molecular formula is C18H22F2N2OS. The van der Waals surface area contributed by atoms with Gasteiger partial charge in [0, 0.05) is 10.5 Å². The highest BCUT2D eigenvalue weighted by Gasteiger charge is 2.06. The summed E-state index contributed by atoms with van der Waals surface area (Å²) in [7, 11) is 0. The first kappa shape index (κ1) is 18.6. The first-order valence-corrected chi connectivity index (χ1v) is 9.07. The molecule has 1 aromatic carbocycles. The normalized spacial score (nSPS) is 11.0. The van der Waals surface area contributed by atoms with Gasteiger partial charge in [-0.1, -0.05) is 56.5 Å². The fourth-order valence-electron chi connectivity index (χ4n) is 2.22. The van der Waals surface area contributed by atoms with Gasteiger partial charge in [-0.3, -0.25) is 0 Å². The van der Waals surface area contributed by atoms with E-state index in [0.717, 1.165) is 12.0 Å². The Hall–Kier alpha value is -1.69. The Bertz CT molecular complexity index is 591. The third-order valence-electron chi connectivity index (χ3n) is 3.48. The van der Waals surface area contributed by atoms with Crippen LogP contribution >= 0.6 is 11.8 Å². The standard InChI is InChI=1S/C18H22F2N2OS/c1-2-3-4-5-6-11-23-15-12-21-17(22-13-15)14-7-9-16(10-8-14)24-18(19)20/h7-10,12-13,18H,2-6,11H2,1H3. The molecule has 0 aliphatic heterocycles. The van der Waals surface area contributed by atoms with E-state index in [1.54, 1.807) is 36.7 Å². The molecule has 0 bridgehead atoms. The van der Waals surface area contributed by atoms with Gasteiger partial charge < -0.3 is 4.74 Å². The van der Waals surface area contributed by atoms with E-state index in [1.165, 1.54) is 25.7 Å². The quantitative estimate of drug-likeness (QED) is 0.399. The maximum absolute atomic E-state index is 12.3. The summed E-state index contributed by atoms with van der Waals surface area (Å²) >= 11 is 0.527. The van der Waals surface area contributed by atoms with E-state index in [4.69, 9.17) is 4.74 Å². The summed E-state index contributed by atoms with van der Waals surface area (Å²) in [6.07, 6.45) is 9.26. The average Bonchev–Trinajstić information content (AvgIpc) is 2.59. The maximum atomic E-state index is 12.3. The lowest BCUT2D eigenvalue weighted by atomic mass is 10.2. The average molecular weight is 352 g/mol. The second-order valence-corrected chi connectivity index (χ2v) is 6.47. The second-order valence-electron chi connectivity index (χ2n) is 5.41. The Morgan fingerprint density at radius 3 is 2.29 bits per heavy atom. The SMILES string of the molecule is CCCCCCCOc1cnc(-c2ccc(SC(F)F)cc2)nc1. The molecule has 0 radical (unpaired) electrons. The van der Waals surface area contributed by atoms with Crippen LogP contribution in [-0.4, -0.2) is 22.3 Å². The number of hydrogen-bond donors (Lipinski definition) is 0. The molecule has 2 aromatic rings. The lowest BCUT2D eigenvalue weighted by molar-refractivity contribution is 0.252. The number of halogens is 2. The van der Waals surface area contributed by atoms with Crippen molar-refractivity contribution in [1.29, 1.82) is 0 Å². The highest BCUT2D eigenvalue weighted by Crippen LogP contribution is 2.27. The Kier molecular flexibility index (Phi) is 7.95. The van der Waals surface area contributed by atoms with Crippen LogP contribution in [0.4, 0.5) is 8.78 Å². The minimum absolute atomic E-state index is 0.525. The molecular weight excluding hydrogens is 330 g/mol. The number of nitrogens with zero attached hydrogens (tertiary/aromatic N) is 2. The Morgan fingerprint density at radius 2 is 1.67 bits per heavy atom. The Labute approximate surface area is 145 Å². The van der Waals surface area contributed by atoms with Gasteiger partial charge in [0.05, 0.1) is 19.0 Å². The predicted molar refractivity (Wildman–Crippen MR) is 93.6 cm³/mol. The van der Waals surface area contributed by atoms with Gasteiger partial charge in [0.1, 0.15) is 0 Å². The van der Waals surface area contributed by atoms with Gasteiger partial charge in [0.2, 0.25) is 0 Å². The van der Waals surface area contributed by atoms with Crippen LogP contribution in [0.25, 0.3) is 11.4 Å². The maximum Gasteiger partial charge on any atom is 0.288 e. The van der Waals surface area contributed by atoms with Crippen molar-refractivity contribution in [3.05, 3.63) is 36.7 Å². The number of alkyl halides is 2. The molecule has 0 atom stereocenters. The third-order valence-corrected chi connectivity index (χ3v) is 4.20. The molecule has 0 N–H and O–H groups in total. The Balaban J connectivity index is 1.83. The van der Waals surface area contributed by atoms with Crippen LogP contribution in [0.5, 0.6) is 5.75 Å². The van der Waals surface area contributed by atoms with Crippen molar-refractivity contribution in [2.75, 3.05) is 6.61 Å². The summed E-state index contributed by atoms with van der Waals surface area (Å²) in [4.78, 5) is 9.08. The van der Waals surface area contributed by atoms with E-state index in [2.05, 4.69) is 16.9 Å². The van der Waals surface area contributed by atoms with Crippen molar-refractivity contribution in [1.82, 2.24) is 9.97 Å².